The predicted molar refractivity (Wildman–Crippen MR) is 56.4 cm³/mol. The van der Waals surface area contributed by atoms with Gasteiger partial charge in [0.25, 0.3) is 0 Å². The van der Waals surface area contributed by atoms with E-state index >= 15 is 0 Å². The van der Waals surface area contributed by atoms with Crippen LogP contribution in [0.2, 0.25) is 0 Å². The molecule has 90 valence electrons. The summed E-state index contributed by atoms with van der Waals surface area (Å²) in [5.41, 5.74) is -0.255. The molecule has 0 spiro atoms. The molecule has 0 saturated carbocycles. The van der Waals surface area contributed by atoms with Crippen LogP contribution in [0.3, 0.4) is 0 Å². The second-order valence-corrected chi connectivity index (χ2v) is 7.94. The minimum atomic E-state index is -2.96. The zero-order chi connectivity index (χ0) is 11.8. The van der Waals surface area contributed by atoms with E-state index in [0.717, 1.165) is 0 Å². The minimum absolute atomic E-state index is 0.00139. The fraction of sp³-hybridized carbons (Fsp3) is 1.00. The van der Waals surface area contributed by atoms with Gasteiger partial charge in [0.1, 0.15) is 25.2 Å². The topological polar surface area (TPSA) is 87.0 Å². The summed E-state index contributed by atoms with van der Waals surface area (Å²) in [5.74, 6) is -1.30. The highest BCUT2D eigenvalue weighted by atomic mass is 31.2. The first-order chi connectivity index (χ1) is 6.84. The number of rotatable bonds is 2. The van der Waals surface area contributed by atoms with Crippen LogP contribution in [0.25, 0.3) is 0 Å². The fourth-order valence-electron chi connectivity index (χ4n) is 1.97. The van der Waals surface area contributed by atoms with Gasteiger partial charge in [-0.15, -0.1) is 0 Å². The molecule has 15 heavy (non-hydrogen) atoms. The molecule has 1 heterocycles. The van der Waals surface area contributed by atoms with E-state index in [4.69, 9.17) is 4.74 Å². The van der Waals surface area contributed by atoms with Gasteiger partial charge in [-0.3, -0.25) is 0 Å². The number of methoxy groups -OCH3 is 1. The summed E-state index contributed by atoms with van der Waals surface area (Å²) in [7, 11) is -1.62. The van der Waals surface area contributed by atoms with E-state index in [0.29, 0.717) is 0 Å². The van der Waals surface area contributed by atoms with Gasteiger partial charge in [-0.2, -0.15) is 0 Å². The molecule has 5 atom stereocenters. The minimum Gasteiger partial charge on any atom is -0.390 e. The van der Waals surface area contributed by atoms with Crippen molar-refractivity contribution < 1.29 is 24.6 Å². The monoisotopic (exact) mass is 238 g/mol. The van der Waals surface area contributed by atoms with Gasteiger partial charge in [-0.1, -0.05) is 13.8 Å². The van der Waals surface area contributed by atoms with Crippen LogP contribution in [0.1, 0.15) is 13.8 Å². The fourth-order valence-corrected chi connectivity index (χ4v) is 4.70. The smallest absolute Gasteiger partial charge is 0.135 e. The van der Waals surface area contributed by atoms with E-state index in [2.05, 4.69) is 0 Å². The molecule has 5 nitrogen and oxygen atoms in total. The predicted octanol–water partition coefficient (Wildman–Crippen LogP) is -0.173. The van der Waals surface area contributed by atoms with Crippen LogP contribution in [0.4, 0.5) is 0 Å². The van der Waals surface area contributed by atoms with Crippen LogP contribution >= 0.6 is 7.14 Å². The standard InChI is InChI=1S/C9H19O5P/c1-5(2)15(13)4-6(10)8(14-3)7(11)9(15)12/h5-12H,4H2,1-3H3/t6-,7+,8-,9?,15?/m1/s1. The molecule has 0 bridgehead atoms. The highest BCUT2D eigenvalue weighted by Gasteiger charge is 2.50. The van der Waals surface area contributed by atoms with Gasteiger partial charge in [-0.25, -0.2) is 0 Å². The van der Waals surface area contributed by atoms with Crippen molar-refractivity contribution in [1.82, 2.24) is 0 Å². The van der Waals surface area contributed by atoms with E-state index < -0.39 is 31.3 Å². The summed E-state index contributed by atoms with van der Waals surface area (Å²) >= 11 is 0. The van der Waals surface area contributed by atoms with E-state index in [1.807, 2.05) is 0 Å². The lowest BCUT2D eigenvalue weighted by atomic mass is 10.1. The lowest BCUT2D eigenvalue weighted by Crippen LogP contribution is -2.53. The molecule has 1 aliphatic heterocycles. The van der Waals surface area contributed by atoms with Crippen molar-refractivity contribution in [3.63, 3.8) is 0 Å². The molecular formula is C9H19O5P. The Morgan fingerprint density at radius 1 is 1.33 bits per heavy atom. The van der Waals surface area contributed by atoms with Crippen molar-refractivity contribution in [2.45, 2.75) is 43.7 Å². The van der Waals surface area contributed by atoms with Crippen LogP contribution < -0.4 is 0 Å². The molecule has 1 aliphatic rings. The van der Waals surface area contributed by atoms with Gasteiger partial charge in [-0.05, 0) is 0 Å². The van der Waals surface area contributed by atoms with Crippen molar-refractivity contribution in [3.05, 3.63) is 0 Å². The second-order valence-electron chi connectivity index (χ2n) is 4.30. The van der Waals surface area contributed by atoms with Crippen molar-refractivity contribution in [1.29, 1.82) is 0 Å². The molecule has 0 amide bonds. The summed E-state index contributed by atoms with van der Waals surface area (Å²) in [6, 6.07) is 0. The molecule has 1 saturated heterocycles. The Balaban J connectivity index is 2.96. The molecule has 1 rings (SSSR count). The second kappa shape index (κ2) is 4.52. The van der Waals surface area contributed by atoms with Gasteiger partial charge >= 0.3 is 0 Å². The van der Waals surface area contributed by atoms with E-state index in [9.17, 15) is 19.9 Å². The normalized spacial score (nSPS) is 47.1. The van der Waals surface area contributed by atoms with Gasteiger partial charge in [0.05, 0.1) is 6.10 Å². The molecule has 0 aromatic carbocycles. The number of aliphatic hydroxyl groups is 3. The summed E-state index contributed by atoms with van der Waals surface area (Å²) in [6.07, 6.45) is -3.13. The van der Waals surface area contributed by atoms with Gasteiger partial charge in [0.2, 0.25) is 0 Å². The van der Waals surface area contributed by atoms with Gasteiger partial charge in [0.15, 0.2) is 0 Å². The average molecular weight is 238 g/mol. The molecule has 0 aromatic rings. The van der Waals surface area contributed by atoms with Crippen LogP contribution in [0.15, 0.2) is 0 Å². The van der Waals surface area contributed by atoms with Gasteiger partial charge in [0, 0.05) is 18.9 Å². The van der Waals surface area contributed by atoms with E-state index in [-0.39, 0.29) is 11.8 Å². The molecule has 2 unspecified atom stereocenters. The average Bonchev–Trinajstić information content (AvgIpc) is 2.15. The maximum atomic E-state index is 12.3. The molecule has 3 N–H and O–H groups in total. The number of aliphatic hydroxyl groups excluding tert-OH is 3. The number of ether oxygens (including phenoxy) is 1. The molecule has 0 aliphatic carbocycles. The summed E-state index contributed by atoms with van der Waals surface area (Å²) in [4.78, 5) is 0. The van der Waals surface area contributed by atoms with Crippen LogP contribution in [0, 0.1) is 0 Å². The Morgan fingerprint density at radius 3 is 2.27 bits per heavy atom. The summed E-state index contributed by atoms with van der Waals surface area (Å²) in [5, 5.41) is 29.1. The lowest BCUT2D eigenvalue weighted by molar-refractivity contribution is -0.107. The van der Waals surface area contributed by atoms with E-state index in [1.54, 1.807) is 13.8 Å². The third kappa shape index (κ3) is 2.12. The third-order valence-electron chi connectivity index (χ3n) is 3.09. The Kier molecular flexibility index (Phi) is 3.95. The van der Waals surface area contributed by atoms with Crippen LogP contribution in [-0.2, 0) is 9.30 Å². The first kappa shape index (κ1) is 13.1. The van der Waals surface area contributed by atoms with E-state index in [1.165, 1.54) is 7.11 Å². The molecule has 0 radical (unpaired) electrons. The van der Waals surface area contributed by atoms with Crippen LogP contribution in [0.5, 0.6) is 0 Å². The Bertz CT molecular complexity index is 267. The quantitative estimate of drug-likeness (QED) is 0.581. The SMILES string of the molecule is CO[C@@H]1[C@H](O)CP(=O)(C(C)C)C(O)[C@H]1O. The van der Waals surface area contributed by atoms with Crippen molar-refractivity contribution in [3.8, 4) is 0 Å². The zero-order valence-corrected chi connectivity index (χ0v) is 10.1. The largest absolute Gasteiger partial charge is 0.390 e. The number of hydrogen-bond donors (Lipinski definition) is 3. The van der Waals surface area contributed by atoms with Crippen molar-refractivity contribution in [2.24, 2.45) is 0 Å². The highest BCUT2D eigenvalue weighted by molar-refractivity contribution is 7.65. The van der Waals surface area contributed by atoms with Gasteiger partial charge < -0.3 is 24.6 Å². The van der Waals surface area contributed by atoms with Crippen molar-refractivity contribution in [2.75, 3.05) is 13.3 Å². The first-order valence-electron chi connectivity index (χ1n) is 5.00. The maximum absolute atomic E-state index is 12.3. The zero-order valence-electron chi connectivity index (χ0n) is 9.20. The molecular weight excluding hydrogens is 219 g/mol. The Morgan fingerprint density at radius 2 is 1.87 bits per heavy atom. The maximum Gasteiger partial charge on any atom is 0.135 e. The third-order valence-corrected chi connectivity index (χ3v) is 6.98. The Hall–Kier alpha value is 0.0700. The summed E-state index contributed by atoms with van der Waals surface area (Å²) < 4.78 is 17.2. The molecule has 0 aromatic heterocycles. The lowest BCUT2D eigenvalue weighted by Gasteiger charge is -2.41. The molecule has 6 heteroatoms. The molecule has 1 fully saturated rings. The Labute approximate surface area is 89.4 Å². The van der Waals surface area contributed by atoms with Crippen LogP contribution in [-0.4, -0.2) is 58.4 Å². The highest BCUT2D eigenvalue weighted by Crippen LogP contribution is 2.58. The van der Waals surface area contributed by atoms with Crippen molar-refractivity contribution >= 4 is 7.14 Å². The summed E-state index contributed by atoms with van der Waals surface area (Å²) in [6.45, 7) is 3.44. The number of hydrogen-bond acceptors (Lipinski definition) is 5. The first-order valence-corrected chi connectivity index (χ1v) is 7.03.